The second-order valence-electron chi connectivity index (χ2n) is 4.69. The van der Waals surface area contributed by atoms with Gasteiger partial charge in [0.25, 0.3) is 0 Å². The van der Waals surface area contributed by atoms with Gasteiger partial charge in [-0.2, -0.15) is 0 Å². The summed E-state index contributed by atoms with van der Waals surface area (Å²) in [7, 11) is 1.57. The van der Waals surface area contributed by atoms with E-state index in [4.69, 9.17) is 4.74 Å². The van der Waals surface area contributed by atoms with Crippen LogP contribution in [0.4, 0.5) is 0 Å². The highest BCUT2D eigenvalue weighted by atomic mass is 32.2. The number of carbonyl (C=O) groups excluding carboxylic acids is 1. The fourth-order valence-corrected chi connectivity index (χ4v) is 4.27. The Labute approximate surface area is 115 Å². The van der Waals surface area contributed by atoms with Crippen molar-refractivity contribution in [1.29, 1.82) is 0 Å². The predicted octanol–water partition coefficient (Wildman–Crippen LogP) is 1.95. The maximum atomic E-state index is 12.1. The van der Waals surface area contributed by atoms with E-state index in [1.807, 2.05) is 6.07 Å². The Morgan fingerprint density at radius 1 is 1.61 bits per heavy atom. The number of amides is 1. The van der Waals surface area contributed by atoms with Crippen LogP contribution in [0.5, 0.6) is 0 Å². The fraction of sp³-hybridized carbons (Fsp3) is 0.583. The molecule has 2 N–H and O–H groups in total. The first-order valence-electron chi connectivity index (χ1n) is 5.78. The molecular formula is C12H18N2O2S2. The van der Waals surface area contributed by atoms with Crippen LogP contribution in [0.25, 0.3) is 0 Å². The summed E-state index contributed by atoms with van der Waals surface area (Å²) in [5, 5.41) is 8.41. The van der Waals surface area contributed by atoms with Crippen molar-refractivity contribution in [1.82, 2.24) is 10.6 Å². The van der Waals surface area contributed by atoms with Crippen LogP contribution >= 0.6 is 23.1 Å². The molecule has 2 atom stereocenters. The molecule has 1 amide bonds. The van der Waals surface area contributed by atoms with Crippen molar-refractivity contribution in [3.8, 4) is 0 Å². The molecule has 0 aliphatic carbocycles. The van der Waals surface area contributed by atoms with E-state index in [-0.39, 0.29) is 28.8 Å². The van der Waals surface area contributed by atoms with E-state index in [0.29, 0.717) is 0 Å². The first-order valence-corrected chi connectivity index (χ1v) is 7.54. The molecule has 2 rings (SSSR count). The zero-order valence-electron chi connectivity index (χ0n) is 10.7. The van der Waals surface area contributed by atoms with Crippen molar-refractivity contribution in [3.05, 3.63) is 22.4 Å². The highest BCUT2D eigenvalue weighted by molar-refractivity contribution is 8.01. The number of rotatable bonds is 4. The zero-order valence-corrected chi connectivity index (χ0v) is 12.4. The Morgan fingerprint density at radius 2 is 2.39 bits per heavy atom. The molecule has 0 saturated carbocycles. The summed E-state index contributed by atoms with van der Waals surface area (Å²) in [6, 6.07) is 3.93. The smallest absolute Gasteiger partial charge is 0.240 e. The third-order valence-electron chi connectivity index (χ3n) is 2.89. The molecule has 6 heteroatoms. The minimum Gasteiger partial charge on any atom is -0.364 e. The largest absolute Gasteiger partial charge is 0.364 e. The zero-order chi connectivity index (χ0) is 13.2. The van der Waals surface area contributed by atoms with Crippen LogP contribution in [0, 0.1) is 0 Å². The van der Waals surface area contributed by atoms with Crippen molar-refractivity contribution < 1.29 is 9.53 Å². The van der Waals surface area contributed by atoms with Crippen LogP contribution in [0.1, 0.15) is 24.1 Å². The standard InChI is InChI=1S/C12H18N2O2S2/c1-12(2)9(10(15)13-7-16-3)14-11(18-12)8-5-4-6-17-8/h4-6,9,11,14H,7H2,1-3H3,(H,13,15). The Hall–Kier alpha value is -0.560. The summed E-state index contributed by atoms with van der Waals surface area (Å²) in [4.78, 5) is 13.3. The number of nitrogens with one attached hydrogen (secondary N) is 2. The van der Waals surface area contributed by atoms with E-state index in [9.17, 15) is 4.79 Å². The SMILES string of the molecule is COCNC(=O)C1NC(c2cccs2)SC1(C)C. The Kier molecular flexibility index (Phi) is 4.32. The minimum absolute atomic E-state index is 0.00611. The first-order chi connectivity index (χ1) is 8.54. The number of thiophene rings is 1. The summed E-state index contributed by atoms with van der Waals surface area (Å²) < 4.78 is 4.74. The number of thioether (sulfide) groups is 1. The summed E-state index contributed by atoms with van der Waals surface area (Å²) in [5.41, 5.74) is 0. The molecule has 2 heterocycles. The Balaban J connectivity index is 2.05. The fourth-order valence-electron chi connectivity index (χ4n) is 1.98. The van der Waals surface area contributed by atoms with E-state index < -0.39 is 0 Å². The van der Waals surface area contributed by atoms with Crippen LogP contribution in [-0.4, -0.2) is 30.5 Å². The van der Waals surface area contributed by atoms with E-state index >= 15 is 0 Å². The number of ether oxygens (including phenoxy) is 1. The number of methoxy groups -OCH3 is 1. The van der Waals surface area contributed by atoms with Gasteiger partial charge >= 0.3 is 0 Å². The van der Waals surface area contributed by atoms with Crippen molar-refractivity contribution in [2.24, 2.45) is 0 Å². The van der Waals surface area contributed by atoms with Gasteiger partial charge in [0.15, 0.2) is 0 Å². The molecule has 1 aliphatic heterocycles. The van der Waals surface area contributed by atoms with Gasteiger partial charge in [0.2, 0.25) is 5.91 Å². The van der Waals surface area contributed by atoms with Crippen LogP contribution < -0.4 is 10.6 Å². The quantitative estimate of drug-likeness (QED) is 0.831. The van der Waals surface area contributed by atoms with Gasteiger partial charge in [-0.25, -0.2) is 0 Å². The van der Waals surface area contributed by atoms with Gasteiger partial charge in [0, 0.05) is 16.7 Å². The molecule has 1 aromatic heterocycles. The van der Waals surface area contributed by atoms with Crippen molar-refractivity contribution in [2.75, 3.05) is 13.8 Å². The summed E-state index contributed by atoms with van der Waals surface area (Å²) in [6.45, 7) is 4.44. The molecule has 0 spiro atoms. The van der Waals surface area contributed by atoms with Crippen LogP contribution in [0.15, 0.2) is 17.5 Å². The summed E-state index contributed by atoms with van der Waals surface area (Å²) in [6.07, 6.45) is 0. The molecule has 1 saturated heterocycles. The van der Waals surface area contributed by atoms with E-state index in [1.54, 1.807) is 30.2 Å². The lowest BCUT2D eigenvalue weighted by Gasteiger charge is -2.23. The van der Waals surface area contributed by atoms with Gasteiger partial charge in [-0.05, 0) is 25.3 Å². The predicted molar refractivity (Wildman–Crippen MR) is 75.7 cm³/mol. The van der Waals surface area contributed by atoms with Crippen molar-refractivity contribution >= 4 is 29.0 Å². The lowest BCUT2D eigenvalue weighted by Crippen LogP contribution is -2.50. The average Bonchev–Trinajstić information content (AvgIpc) is 2.92. The van der Waals surface area contributed by atoms with E-state index in [0.717, 1.165) is 0 Å². The van der Waals surface area contributed by atoms with E-state index in [1.165, 1.54) is 4.88 Å². The van der Waals surface area contributed by atoms with Gasteiger partial charge in [0.1, 0.15) is 12.8 Å². The van der Waals surface area contributed by atoms with Crippen LogP contribution in [-0.2, 0) is 9.53 Å². The molecule has 100 valence electrons. The molecule has 0 bridgehead atoms. The van der Waals surface area contributed by atoms with Gasteiger partial charge < -0.3 is 10.1 Å². The molecule has 1 aromatic rings. The summed E-state index contributed by atoms with van der Waals surface area (Å²) in [5.74, 6) is -0.00611. The Morgan fingerprint density at radius 3 is 3.00 bits per heavy atom. The average molecular weight is 286 g/mol. The molecule has 1 aliphatic rings. The van der Waals surface area contributed by atoms with Crippen LogP contribution in [0.2, 0.25) is 0 Å². The highest BCUT2D eigenvalue weighted by Gasteiger charge is 2.45. The van der Waals surface area contributed by atoms with Crippen LogP contribution in [0.3, 0.4) is 0 Å². The van der Waals surface area contributed by atoms with Gasteiger partial charge in [0.05, 0.1) is 5.37 Å². The van der Waals surface area contributed by atoms with E-state index in [2.05, 4.69) is 35.9 Å². The third kappa shape index (κ3) is 2.88. The molecule has 1 fully saturated rings. The Bertz CT molecular complexity index is 406. The molecular weight excluding hydrogens is 268 g/mol. The molecule has 18 heavy (non-hydrogen) atoms. The van der Waals surface area contributed by atoms with Gasteiger partial charge in [-0.1, -0.05) is 6.07 Å². The number of carbonyl (C=O) groups is 1. The maximum absolute atomic E-state index is 12.1. The molecule has 2 unspecified atom stereocenters. The summed E-state index contributed by atoms with van der Waals surface area (Å²) >= 11 is 3.51. The third-order valence-corrected chi connectivity index (χ3v) is 5.44. The van der Waals surface area contributed by atoms with Crippen molar-refractivity contribution in [3.63, 3.8) is 0 Å². The number of hydrogen-bond donors (Lipinski definition) is 2. The monoisotopic (exact) mass is 286 g/mol. The molecule has 4 nitrogen and oxygen atoms in total. The lowest BCUT2D eigenvalue weighted by atomic mass is 10.0. The lowest BCUT2D eigenvalue weighted by molar-refractivity contribution is -0.125. The van der Waals surface area contributed by atoms with Gasteiger partial charge in [-0.15, -0.1) is 23.1 Å². The number of hydrogen-bond acceptors (Lipinski definition) is 5. The second kappa shape index (κ2) is 5.61. The normalized spacial score (nSPS) is 26.2. The highest BCUT2D eigenvalue weighted by Crippen LogP contribution is 2.46. The minimum atomic E-state index is -0.204. The maximum Gasteiger partial charge on any atom is 0.240 e. The first kappa shape index (κ1) is 13.9. The van der Waals surface area contributed by atoms with Gasteiger partial charge in [-0.3, -0.25) is 10.1 Å². The molecule has 0 radical (unpaired) electrons. The van der Waals surface area contributed by atoms with Crippen molar-refractivity contribution in [2.45, 2.75) is 30.0 Å². The molecule has 0 aromatic carbocycles. The second-order valence-corrected chi connectivity index (χ2v) is 7.43. The topological polar surface area (TPSA) is 50.4 Å².